The number of halogens is 1. The van der Waals surface area contributed by atoms with Gasteiger partial charge in [-0.3, -0.25) is 0 Å². The summed E-state index contributed by atoms with van der Waals surface area (Å²) in [6, 6.07) is 3.72. The molecule has 0 spiro atoms. The zero-order chi connectivity index (χ0) is 12.5. The molecule has 0 saturated carbocycles. The molecule has 1 heterocycles. The summed E-state index contributed by atoms with van der Waals surface area (Å²) in [5.41, 5.74) is 0.917. The Balaban J connectivity index is 2.48. The summed E-state index contributed by atoms with van der Waals surface area (Å²) in [5, 5.41) is 0. The van der Waals surface area contributed by atoms with Gasteiger partial charge >= 0.3 is 0 Å². The van der Waals surface area contributed by atoms with E-state index in [9.17, 15) is 0 Å². The summed E-state index contributed by atoms with van der Waals surface area (Å²) in [6.07, 6.45) is 0. The van der Waals surface area contributed by atoms with Gasteiger partial charge in [-0.05, 0) is 17.7 Å². The molecule has 0 unspecified atom stereocenters. The van der Waals surface area contributed by atoms with E-state index in [2.05, 4.69) is 0 Å². The highest BCUT2D eigenvalue weighted by Gasteiger charge is 2.39. The first kappa shape index (κ1) is 12.3. The van der Waals surface area contributed by atoms with E-state index >= 15 is 0 Å². The first-order valence-corrected chi connectivity index (χ1v) is 5.59. The lowest BCUT2D eigenvalue weighted by Crippen LogP contribution is -2.41. The van der Waals surface area contributed by atoms with Crippen LogP contribution in [0.3, 0.4) is 0 Å². The van der Waals surface area contributed by atoms with Crippen LogP contribution in [0, 0.1) is 0 Å². The van der Waals surface area contributed by atoms with Crippen LogP contribution in [0.25, 0.3) is 0 Å². The van der Waals surface area contributed by atoms with Crippen LogP contribution in [0.1, 0.15) is 5.56 Å². The third kappa shape index (κ3) is 2.03. The van der Waals surface area contributed by atoms with Crippen molar-refractivity contribution in [2.45, 2.75) is 4.87 Å². The molecule has 4 nitrogen and oxygen atoms in total. The van der Waals surface area contributed by atoms with E-state index in [-0.39, 0.29) is 0 Å². The van der Waals surface area contributed by atoms with Gasteiger partial charge in [-0.15, -0.1) is 11.6 Å². The molecule has 0 N–H and O–H groups in total. The molecule has 1 aromatic rings. The second-order valence-corrected chi connectivity index (χ2v) is 4.60. The van der Waals surface area contributed by atoms with Crippen molar-refractivity contribution < 1.29 is 18.9 Å². The van der Waals surface area contributed by atoms with Crippen LogP contribution in [0.4, 0.5) is 0 Å². The third-order valence-corrected chi connectivity index (χ3v) is 3.28. The minimum atomic E-state index is -0.479. The highest BCUT2D eigenvalue weighted by atomic mass is 35.5. The van der Waals surface area contributed by atoms with Gasteiger partial charge in [0.1, 0.15) is 4.87 Å². The van der Waals surface area contributed by atoms with E-state index in [1.165, 1.54) is 0 Å². The smallest absolute Gasteiger partial charge is 0.203 e. The predicted octanol–water partition coefficient (Wildman–Crippen LogP) is 2.18. The van der Waals surface area contributed by atoms with Gasteiger partial charge in [0, 0.05) is 0 Å². The van der Waals surface area contributed by atoms with Crippen LogP contribution in [-0.4, -0.2) is 34.5 Å². The summed E-state index contributed by atoms with van der Waals surface area (Å²) in [5.74, 6) is 1.78. The van der Waals surface area contributed by atoms with Crippen molar-refractivity contribution in [2.75, 3.05) is 34.5 Å². The van der Waals surface area contributed by atoms with Crippen molar-refractivity contribution in [3.8, 4) is 17.2 Å². The normalized spacial score (nSPS) is 17.2. The molecule has 0 radical (unpaired) electrons. The zero-order valence-corrected chi connectivity index (χ0v) is 10.8. The minimum absolute atomic E-state index is 0.479. The average molecular weight is 259 g/mol. The SMILES string of the molecule is COc1cc(C2(Cl)COC2)cc(OC)c1OC. The molecule has 1 fully saturated rings. The van der Waals surface area contributed by atoms with Crippen molar-refractivity contribution in [2.24, 2.45) is 0 Å². The summed E-state index contributed by atoms with van der Waals surface area (Å²) in [6.45, 7) is 0.986. The lowest BCUT2D eigenvalue weighted by atomic mass is 9.95. The lowest BCUT2D eigenvalue weighted by molar-refractivity contribution is -0.0153. The molecule has 0 amide bonds. The maximum atomic E-state index is 6.41. The number of rotatable bonds is 4. The molecule has 94 valence electrons. The maximum absolute atomic E-state index is 6.41. The minimum Gasteiger partial charge on any atom is -0.493 e. The van der Waals surface area contributed by atoms with Crippen LogP contribution in [0.15, 0.2) is 12.1 Å². The maximum Gasteiger partial charge on any atom is 0.203 e. The fraction of sp³-hybridized carbons (Fsp3) is 0.500. The number of hydrogen-bond donors (Lipinski definition) is 0. The summed E-state index contributed by atoms with van der Waals surface area (Å²) >= 11 is 6.41. The van der Waals surface area contributed by atoms with Gasteiger partial charge in [0.25, 0.3) is 0 Å². The molecule has 0 atom stereocenters. The molecule has 5 heteroatoms. The zero-order valence-electron chi connectivity index (χ0n) is 10.1. The van der Waals surface area contributed by atoms with Crippen molar-refractivity contribution in [1.29, 1.82) is 0 Å². The quantitative estimate of drug-likeness (QED) is 0.776. The van der Waals surface area contributed by atoms with E-state index in [1.54, 1.807) is 21.3 Å². The topological polar surface area (TPSA) is 36.9 Å². The van der Waals surface area contributed by atoms with Gasteiger partial charge in [-0.25, -0.2) is 0 Å². The average Bonchev–Trinajstić information content (AvgIpc) is 2.33. The fourth-order valence-corrected chi connectivity index (χ4v) is 2.05. The predicted molar refractivity (Wildman–Crippen MR) is 64.4 cm³/mol. The molecular weight excluding hydrogens is 244 g/mol. The van der Waals surface area contributed by atoms with E-state index in [0.717, 1.165) is 5.56 Å². The molecule has 1 aliphatic rings. The van der Waals surface area contributed by atoms with Crippen LogP contribution >= 0.6 is 11.6 Å². The highest BCUT2D eigenvalue weighted by Crippen LogP contribution is 2.45. The molecule has 1 saturated heterocycles. The Morgan fingerprint density at radius 2 is 1.59 bits per heavy atom. The Labute approximate surface area is 105 Å². The lowest BCUT2D eigenvalue weighted by Gasteiger charge is -2.36. The Bertz CT molecular complexity index is 390. The molecule has 0 aromatic heterocycles. The first-order valence-electron chi connectivity index (χ1n) is 5.22. The van der Waals surface area contributed by atoms with E-state index in [1.807, 2.05) is 12.1 Å². The highest BCUT2D eigenvalue weighted by molar-refractivity contribution is 6.24. The molecule has 1 aliphatic heterocycles. The molecular formula is C12H15ClO4. The Morgan fingerprint density at radius 1 is 1.06 bits per heavy atom. The monoisotopic (exact) mass is 258 g/mol. The van der Waals surface area contributed by atoms with Crippen LogP contribution in [0.5, 0.6) is 17.2 Å². The number of ether oxygens (including phenoxy) is 4. The Morgan fingerprint density at radius 3 is 1.88 bits per heavy atom. The standard InChI is InChI=1S/C12H15ClO4/c1-14-9-4-8(12(13)6-17-7-12)5-10(15-2)11(9)16-3/h4-5H,6-7H2,1-3H3. The second-order valence-electron chi connectivity index (χ2n) is 3.87. The van der Waals surface area contributed by atoms with Crippen molar-refractivity contribution in [3.63, 3.8) is 0 Å². The van der Waals surface area contributed by atoms with Gasteiger partial charge in [-0.2, -0.15) is 0 Å². The molecule has 0 aliphatic carbocycles. The number of benzene rings is 1. The summed E-state index contributed by atoms with van der Waals surface area (Å²) in [7, 11) is 4.74. The van der Waals surface area contributed by atoms with E-state index in [4.69, 9.17) is 30.5 Å². The van der Waals surface area contributed by atoms with Gasteiger partial charge in [0.05, 0.1) is 34.5 Å². The van der Waals surface area contributed by atoms with Gasteiger partial charge < -0.3 is 18.9 Å². The number of alkyl halides is 1. The van der Waals surface area contributed by atoms with Gasteiger partial charge in [0.15, 0.2) is 11.5 Å². The van der Waals surface area contributed by atoms with Crippen LogP contribution in [-0.2, 0) is 9.61 Å². The molecule has 17 heavy (non-hydrogen) atoms. The van der Waals surface area contributed by atoms with Crippen LogP contribution < -0.4 is 14.2 Å². The number of hydrogen-bond acceptors (Lipinski definition) is 4. The molecule has 1 aromatic carbocycles. The largest absolute Gasteiger partial charge is 0.493 e. The summed E-state index contributed by atoms with van der Waals surface area (Å²) < 4.78 is 21.0. The van der Waals surface area contributed by atoms with Gasteiger partial charge in [-0.1, -0.05) is 0 Å². The van der Waals surface area contributed by atoms with Crippen molar-refractivity contribution >= 4 is 11.6 Å². The van der Waals surface area contributed by atoms with E-state index < -0.39 is 4.87 Å². The van der Waals surface area contributed by atoms with Crippen molar-refractivity contribution in [1.82, 2.24) is 0 Å². The van der Waals surface area contributed by atoms with Gasteiger partial charge in [0.2, 0.25) is 5.75 Å². The molecule has 0 bridgehead atoms. The van der Waals surface area contributed by atoms with Crippen molar-refractivity contribution in [3.05, 3.63) is 17.7 Å². The molecule has 2 rings (SSSR count). The first-order chi connectivity index (χ1) is 8.14. The second kappa shape index (κ2) is 4.63. The van der Waals surface area contributed by atoms with Crippen LogP contribution in [0.2, 0.25) is 0 Å². The third-order valence-electron chi connectivity index (χ3n) is 2.84. The van der Waals surface area contributed by atoms with E-state index in [0.29, 0.717) is 30.5 Å². The number of methoxy groups -OCH3 is 3. The Hall–Kier alpha value is -1.13. The fourth-order valence-electron chi connectivity index (χ4n) is 1.79. The summed E-state index contributed by atoms with van der Waals surface area (Å²) in [4.78, 5) is -0.479. The Kier molecular flexibility index (Phi) is 3.35.